The molecule has 0 heterocycles. The fourth-order valence-corrected chi connectivity index (χ4v) is 2.13. The van der Waals surface area contributed by atoms with Gasteiger partial charge in [-0.2, -0.15) is 0 Å². The third-order valence-electron chi connectivity index (χ3n) is 1.05. The first-order valence-electron chi connectivity index (χ1n) is 3.34. The molecule has 0 aliphatic heterocycles. The monoisotopic (exact) mass is 186 g/mol. The summed E-state index contributed by atoms with van der Waals surface area (Å²) in [5.74, 6) is 0. The lowest BCUT2D eigenvalue weighted by Gasteiger charge is -2.05. The summed E-state index contributed by atoms with van der Waals surface area (Å²) < 4.78 is 0. The largest absolute Gasteiger partial charge is 0.129 e. The average Bonchev–Trinajstić information content (AvgIpc) is 1.88. The first kappa shape index (κ1) is 10.9. The highest BCUT2D eigenvalue weighted by Crippen LogP contribution is 2.32. The third-order valence-corrected chi connectivity index (χ3v) is 2.92. The second-order valence-electron chi connectivity index (χ2n) is 2.08. The Hall–Kier alpha value is -0.0800. The zero-order chi connectivity index (χ0) is 8.85. The summed E-state index contributed by atoms with van der Waals surface area (Å²) in [6.07, 6.45) is 4.13. The fourth-order valence-electron chi connectivity index (χ4n) is 0.653. The second-order valence-corrected chi connectivity index (χ2v) is 4.33. The van der Waals surface area contributed by atoms with Crippen LogP contribution in [0.4, 0.5) is 0 Å². The summed E-state index contributed by atoms with van der Waals surface area (Å²) in [6, 6.07) is 0. The maximum absolute atomic E-state index is 3.95. The summed E-state index contributed by atoms with van der Waals surface area (Å²) in [7, 11) is 0. The van der Waals surface area contributed by atoms with Crippen molar-refractivity contribution in [3.63, 3.8) is 0 Å². The van der Waals surface area contributed by atoms with E-state index < -0.39 is 0 Å². The first-order valence-corrected chi connectivity index (χ1v) is 5.38. The van der Waals surface area contributed by atoms with Crippen LogP contribution in [-0.4, -0.2) is 6.26 Å². The Bertz CT molecular complexity index is 190. The minimum atomic E-state index is 1.09. The van der Waals surface area contributed by atoms with Gasteiger partial charge >= 0.3 is 0 Å². The molecule has 0 saturated heterocycles. The Morgan fingerprint density at radius 1 is 1.36 bits per heavy atom. The summed E-state index contributed by atoms with van der Waals surface area (Å²) in [6.45, 7) is 11.8. The molecular formula is C9H14S2. The van der Waals surface area contributed by atoms with Crippen LogP contribution >= 0.6 is 23.5 Å². The number of hydrogen-bond acceptors (Lipinski definition) is 2. The molecule has 2 heteroatoms. The van der Waals surface area contributed by atoms with Gasteiger partial charge in [0.15, 0.2) is 0 Å². The standard InChI is InChI=1S/C9H14S2/c1-6-9(10-5)8(4)11-7(2)3/h6H,2,4H2,1,3,5H3/b9-6-. The molecule has 0 unspecified atom stereocenters. The molecule has 0 atom stereocenters. The van der Waals surface area contributed by atoms with Crippen LogP contribution in [0.1, 0.15) is 13.8 Å². The molecule has 0 fully saturated rings. The van der Waals surface area contributed by atoms with E-state index >= 15 is 0 Å². The molecule has 0 aliphatic rings. The number of allylic oxidation sites excluding steroid dienone is 2. The van der Waals surface area contributed by atoms with E-state index in [4.69, 9.17) is 0 Å². The van der Waals surface area contributed by atoms with Crippen molar-refractivity contribution in [1.82, 2.24) is 0 Å². The van der Waals surface area contributed by atoms with Crippen molar-refractivity contribution < 1.29 is 0 Å². The van der Waals surface area contributed by atoms with E-state index in [9.17, 15) is 0 Å². The zero-order valence-electron chi connectivity index (χ0n) is 7.31. The van der Waals surface area contributed by atoms with Crippen LogP contribution in [0, 0.1) is 0 Å². The Labute approximate surface area is 77.8 Å². The normalized spacial score (nSPS) is 11.4. The highest BCUT2D eigenvalue weighted by atomic mass is 32.2. The van der Waals surface area contributed by atoms with Gasteiger partial charge in [0, 0.05) is 9.81 Å². The summed E-state index contributed by atoms with van der Waals surface area (Å²) in [5.41, 5.74) is 0. The molecule has 0 rings (SSSR count). The van der Waals surface area contributed by atoms with Gasteiger partial charge < -0.3 is 0 Å². The predicted molar refractivity (Wildman–Crippen MR) is 58.8 cm³/mol. The molecule has 0 aromatic heterocycles. The van der Waals surface area contributed by atoms with Crippen molar-refractivity contribution in [2.45, 2.75) is 13.8 Å². The first-order chi connectivity index (χ1) is 5.11. The molecule has 0 saturated carbocycles. The van der Waals surface area contributed by atoms with Crippen LogP contribution < -0.4 is 0 Å². The van der Waals surface area contributed by atoms with Gasteiger partial charge in [-0.3, -0.25) is 0 Å². The number of hydrogen-bond donors (Lipinski definition) is 0. The van der Waals surface area contributed by atoms with E-state index in [0.717, 1.165) is 9.81 Å². The van der Waals surface area contributed by atoms with Crippen molar-refractivity contribution in [3.8, 4) is 0 Å². The van der Waals surface area contributed by atoms with E-state index in [1.54, 1.807) is 23.5 Å². The van der Waals surface area contributed by atoms with Crippen LogP contribution in [0.25, 0.3) is 0 Å². The van der Waals surface area contributed by atoms with Crippen LogP contribution in [0.3, 0.4) is 0 Å². The quantitative estimate of drug-likeness (QED) is 0.608. The molecule has 0 aliphatic carbocycles. The molecule has 11 heavy (non-hydrogen) atoms. The van der Waals surface area contributed by atoms with Crippen LogP contribution in [-0.2, 0) is 0 Å². The third kappa shape index (κ3) is 4.38. The maximum atomic E-state index is 3.95. The van der Waals surface area contributed by atoms with Gasteiger partial charge in [0.05, 0.1) is 0 Å². The molecule has 0 spiro atoms. The Morgan fingerprint density at radius 2 is 1.91 bits per heavy atom. The van der Waals surface area contributed by atoms with Gasteiger partial charge in [0.2, 0.25) is 0 Å². The summed E-state index contributed by atoms with van der Waals surface area (Å²) >= 11 is 3.35. The lowest BCUT2D eigenvalue weighted by molar-refractivity contribution is 1.68. The average molecular weight is 186 g/mol. The molecule has 0 nitrogen and oxygen atoms in total. The van der Waals surface area contributed by atoms with Crippen molar-refractivity contribution in [1.29, 1.82) is 0 Å². The van der Waals surface area contributed by atoms with Crippen molar-refractivity contribution in [3.05, 3.63) is 33.9 Å². The number of rotatable bonds is 4. The zero-order valence-corrected chi connectivity index (χ0v) is 8.94. The van der Waals surface area contributed by atoms with Gasteiger partial charge in [0.25, 0.3) is 0 Å². The minimum Gasteiger partial charge on any atom is -0.129 e. The van der Waals surface area contributed by atoms with E-state index in [0.29, 0.717) is 0 Å². The van der Waals surface area contributed by atoms with Gasteiger partial charge in [-0.25, -0.2) is 0 Å². The fraction of sp³-hybridized carbons (Fsp3) is 0.333. The van der Waals surface area contributed by atoms with Crippen molar-refractivity contribution >= 4 is 23.5 Å². The smallest absolute Gasteiger partial charge is 0.0179 e. The van der Waals surface area contributed by atoms with Gasteiger partial charge in [-0.1, -0.05) is 31.0 Å². The molecule has 0 aromatic rings. The SMILES string of the molecule is C=C(C)SC(=C)/C(=C/C)SC. The van der Waals surface area contributed by atoms with Crippen LogP contribution in [0.15, 0.2) is 33.9 Å². The van der Waals surface area contributed by atoms with Crippen molar-refractivity contribution in [2.75, 3.05) is 6.26 Å². The van der Waals surface area contributed by atoms with E-state index in [1.165, 1.54) is 4.91 Å². The Kier molecular flexibility index (Phi) is 5.51. The number of thioether (sulfide) groups is 2. The maximum Gasteiger partial charge on any atom is 0.0179 e. The van der Waals surface area contributed by atoms with E-state index in [1.807, 2.05) is 13.8 Å². The molecule has 0 radical (unpaired) electrons. The summed E-state index contributed by atoms with van der Waals surface area (Å²) in [4.78, 5) is 3.41. The van der Waals surface area contributed by atoms with E-state index in [2.05, 4.69) is 25.5 Å². The second kappa shape index (κ2) is 5.56. The highest BCUT2D eigenvalue weighted by Gasteiger charge is 2.00. The summed E-state index contributed by atoms with van der Waals surface area (Å²) in [5, 5.41) is 0. The van der Waals surface area contributed by atoms with Gasteiger partial charge in [-0.05, 0) is 25.0 Å². The topological polar surface area (TPSA) is 0 Å². The van der Waals surface area contributed by atoms with Crippen molar-refractivity contribution in [2.24, 2.45) is 0 Å². The van der Waals surface area contributed by atoms with Crippen LogP contribution in [0.2, 0.25) is 0 Å². The lowest BCUT2D eigenvalue weighted by Crippen LogP contribution is -1.76. The molecule has 0 aromatic carbocycles. The highest BCUT2D eigenvalue weighted by molar-refractivity contribution is 8.10. The van der Waals surface area contributed by atoms with Gasteiger partial charge in [0.1, 0.15) is 0 Å². The van der Waals surface area contributed by atoms with Crippen LogP contribution in [0.5, 0.6) is 0 Å². The molecular weight excluding hydrogens is 172 g/mol. The van der Waals surface area contributed by atoms with Gasteiger partial charge in [-0.15, -0.1) is 11.8 Å². The predicted octanol–water partition coefficient (Wildman–Crippen LogP) is 4.03. The minimum absolute atomic E-state index is 1.09. The lowest BCUT2D eigenvalue weighted by atomic mass is 10.5. The Balaban J connectivity index is 4.12. The molecule has 62 valence electrons. The van der Waals surface area contributed by atoms with E-state index in [-0.39, 0.29) is 0 Å². The molecule has 0 N–H and O–H groups in total. The Morgan fingerprint density at radius 3 is 2.18 bits per heavy atom. The molecule has 0 bridgehead atoms. The molecule has 0 amide bonds.